The Morgan fingerprint density at radius 3 is 2.54 bits per heavy atom. The number of phenolic OH excluding ortho intramolecular Hbond substituents is 1. The minimum Gasteiger partial charge on any atom is -0.504 e. The Bertz CT molecular complexity index is 311. The number of hydrogen-bond acceptors (Lipinski definition) is 3. The van der Waals surface area contributed by atoms with Gasteiger partial charge in [0.1, 0.15) is 0 Å². The van der Waals surface area contributed by atoms with E-state index >= 15 is 0 Å². The average molecular weight is 191 g/mol. The molecule has 2 N–H and O–H groups in total. The van der Waals surface area contributed by atoms with Crippen molar-refractivity contribution in [2.75, 3.05) is 7.11 Å². The third kappa shape index (κ3) is 2.91. The summed E-state index contributed by atoms with van der Waals surface area (Å²) in [7, 11) is 1.36. The number of ether oxygens (including phenoxy) is 1. The van der Waals surface area contributed by atoms with Crippen LogP contribution in [0.2, 0.25) is 0 Å². The number of carboxylic acids is 1. The van der Waals surface area contributed by atoms with Gasteiger partial charge in [-0.05, 0) is 18.2 Å². The van der Waals surface area contributed by atoms with Crippen LogP contribution in [0, 0.1) is 0 Å². The van der Waals surface area contributed by atoms with Crippen molar-refractivity contribution in [2.45, 2.75) is 0 Å². The van der Waals surface area contributed by atoms with Crippen molar-refractivity contribution in [3.8, 4) is 11.5 Å². The van der Waals surface area contributed by atoms with Crippen LogP contribution in [0.1, 0.15) is 10.4 Å². The van der Waals surface area contributed by atoms with E-state index in [1.165, 1.54) is 25.3 Å². The second kappa shape index (κ2) is 5.11. The van der Waals surface area contributed by atoms with E-state index in [0.717, 1.165) is 0 Å². The zero-order valence-electron chi connectivity index (χ0n) is 7.44. The first-order chi connectivity index (χ1) is 5.65. The van der Waals surface area contributed by atoms with Crippen molar-refractivity contribution >= 4 is 35.5 Å². The first kappa shape index (κ1) is 12.3. The van der Waals surface area contributed by atoms with Crippen molar-refractivity contribution in [1.29, 1.82) is 0 Å². The van der Waals surface area contributed by atoms with E-state index in [4.69, 9.17) is 14.9 Å². The number of carbonyl (C=O) groups is 1. The summed E-state index contributed by atoms with van der Waals surface area (Å²) in [6, 6.07) is 3.85. The van der Waals surface area contributed by atoms with Crippen molar-refractivity contribution in [3.63, 3.8) is 0 Å². The molecule has 0 amide bonds. The number of benzene rings is 1. The Hall–Kier alpha value is -0.710. The molecule has 4 nitrogen and oxygen atoms in total. The van der Waals surface area contributed by atoms with Gasteiger partial charge in [-0.3, -0.25) is 0 Å². The SMILES string of the molecule is COc1cc(C(=O)O)ccc1O.[Na]. The van der Waals surface area contributed by atoms with Gasteiger partial charge in [-0.15, -0.1) is 0 Å². The van der Waals surface area contributed by atoms with Crippen LogP contribution in [0.5, 0.6) is 11.5 Å². The Morgan fingerprint density at radius 1 is 1.46 bits per heavy atom. The molecule has 0 unspecified atom stereocenters. The van der Waals surface area contributed by atoms with Crippen LogP contribution in [0.15, 0.2) is 18.2 Å². The third-order valence-electron chi connectivity index (χ3n) is 1.43. The predicted molar refractivity (Wildman–Crippen MR) is 47.4 cm³/mol. The van der Waals surface area contributed by atoms with E-state index in [9.17, 15) is 4.79 Å². The third-order valence-corrected chi connectivity index (χ3v) is 1.43. The molecule has 1 aromatic carbocycles. The van der Waals surface area contributed by atoms with Crippen molar-refractivity contribution < 1.29 is 19.7 Å². The quantitative estimate of drug-likeness (QED) is 0.676. The Labute approximate surface area is 97.4 Å². The topological polar surface area (TPSA) is 66.8 Å². The van der Waals surface area contributed by atoms with E-state index < -0.39 is 5.97 Å². The molecule has 1 radical (unpaired) electrons. The molecule has 1 rings (SSSR count). The second-order valence-corrected chi connectivity index (χ2v) is 2.19. The monoisotopic (exact) mass is 191 g/mol. The second-order valence-electron chi connectivity index (χ2n) is 2.19. The smallest absolute Gasteiger partial charge is 0.335 e. The fraction of sp³-hybridized carbons (Fsp3) is 0.125. The number of aromatic carboxylic acids is 1. The molecule has 1 aromatic rings. The Balaban J connectivity index is 0.00000144. The number of methoxy groups -OCH3 is 1. The maximum atomic E-state index is 10.4. The van der Waals surface area contributed by atoms with Crippen molar-refractivity contribution in [2.24, 2.45) is 0 Å². The summed E-state index contributed by atoms with van der Waals surface area (Å²) >= 11 is 0. The minimum absolute atomic E-state index is 0. The Morgan fingerprint density at radius 2 is 2.08 bits per heavy atom. The van der Waals surface area contributed by atoms with E-state index in [1.54, 1.807) is 0 Å². The van der Waals surface area contributed by atoms with E-state index in [-0.39, 0.29) is 46.6 Å². The Kier molecular flexibility index (Phi) is 4.83. The number of phenols is 1. The summed E-state index contributed by atoms with van der Waals surface area (Å²) in [6.07, 6.45) is 0. The largest absolute Gasteiger partial charge is 0.504 e. The fourth-order valence-electron chi connectivity index (χ4n) is 0.811. The van der Waals surface area contributed by atoms with Gasteiger partial charge >= 0.3 is 5.97 Å². The van der Waals surface area contributed by atoms with Crippen molar-refractivity contribution in [3.05, 3.63) is 23.8 Å². The van der Waals surface area contributed by atoms with Gasteiger partial charge in [0.2, 0.25) is 0 Å². The van der Waals surface area contributed by atoms with Crippen LogP contribution >= 0.6 is 0 Å². The minimum atomic E-state index is -1.05. The van der Waals surface area contributed by atoms with Crippen molar-refractivity contribution in [1.82, 2.24) is 0 Å². The van der Waals surface area contributed by atoms with Gasteiger partial charge < -0.3 is 14.9 Å². The molecule has 65 valence electrons. The van der Waals surface area contributed by atoms with Gasteiger partial charge in [-0.25, -0.2) is 4.79 Å². The summed E-state index contributed by atoms with van der Waals surface area (Å²) in [5.41, 5.74) is 0.0876. The summed E-state index contributed by atoms with van der Waals surface area (Å²) in [6.45, 7) is 0. The van der Waals surface area contributed by atoms with Crippen LogP contribution in [0.4, 0.5) is 0 Å². The number of hydrogen-bond donors (Lipinski definition) is 2. The number of aromatic hydroxyl groups is 1. The molecule has 0 saturated heterocycles. The zero-order valence-corrected chi connectivity index (χ0v) is 9.44. The molecular weight excluding hydrogens is 183 g/mol. The molecule has 0 aliphatic heterocycles. The van der Waals surface area contributed by atoms with Gasteiger partial charge in [0.05, 0.1) is 12.7 Å². The molecule has 0 atom stereocenters. The molecule has 0 fully saturated rings. The van der Waals surface area contributed by atoms with E-state index in [0.29, 0.717) is 0 Å². The van der Waals surface area contributed by atoms with Gasteiger partial charge in [0.25, 0.3) is 0 Å². The molecule has 0 aromatic heterocycles. The summed E-state index contributed by atoms with van der Waals surface area (Å²) < 4.78 is 4.72. The van der Waals surface area contributed by atoms with Gasteiger partial charge in [-0.1, -0.05) is 0 Å². The van der Waals surface area contributed by atoms with E-state index in [1.807, 2.05) is 0 Å². The normalized spacial score (nSPS) is 8.69. The predicted octanol–water partition coefficient (Wildman–Crippen LogP) is 0.718. The number of carboxylic acid groups (broad SMARTS) is 1. The van der Waals surface area contributed by atoms with Crippen LogP contribution in [0.3, 0.4) is 0 Å². The van der Waals surface area contributed by atoms with Gasteiger partial charge in [-0.2, -0.15) is 0 Å². The standard InChI is InChI=1S/C8H8O4.Na/c1-12-7-4-5(8(10)11)2-3-6(7)9;/h2-4,9H,1H3,(H,10,11);. The molecule has 0 aliphatic carbocycles. The first-order valence-electron chi connectivity index (χ1n) is 3.25. The maximum absolute atomic E-state index is 10.4. The molecule has 0 aliphatic rings. The van der Waals surface area contributed by atoms with Crippen LogP contribution < -0.4 is 4.74 Å². The molecule has 0 saturated carbocycles. The molecule has 13 heavy (non-hydrogen) atoms. The fourth-order valence-corrected chi connectivity index (χ4v) is 0.811. The molecule has 0 bridgehead atoms. The molecular formula is C8H8NaO4. The van der Waals surface area contributed by atoms with Crippen LogP contribution in [-0.2, 0) is 0 Å². The molecule has 5 heteroatoms. The average Bonchev–Trinajstić information content (AvgIpc) is 2.05. The summed E-state index contributed by atoms with van der Waals surface area (Å²) in [4.78, 5) is 10.4. The summed E-state index contributed by atoms with van der Waals surface area (Å²) in [5.74, 6) is -0.953. The van der Waals surface area contributed by atoms with Crippen LogP contribution in [0.25, 0.3) is 0 Å². The van der Waals surface area contributed by atoms with Gasteiger partial charge in [0, 0.05) is 29.6 Å². The number of rotatable bonds is 2. The maximum Gasteiger partial charge on any atom is 0.335 e. The van der Waals surface area contributed by atoms with Crippen LogP contribution in [-0.4, -0.2) is 52.8 Å². The first-order valence-corrected chi connectivity index (χ1v) is 3.25. The van der Waals surface area contributed by atoms with Gasteiger partial charge in [0.15, 0.2) is 11.5 Å². The summed E-state index contributed by atoms with van der Waals surface area (Å²) in [5, 5.41) is 17.7. The van der Waals surface area contributed by atoms with E-state index in [2.05, 4.69) is 0 Å². The zero-order chi connectivity index (χ0) is 9.14. The molecule has 0 heterocycles. The molecule has 0 spiro atoms.